The first-order valence-corrected chi connectivity index (χ1v) is 6.03. The molecule has 1 aliphatic heterocycles. The molecule has 0 aliphatic carbocycles. The Balaban J connectivity index is 2.13. The number of hydrogen-bond donors (Lipinski definition) is 0. The minimum atomic E-state index is 0.656. The Morgan fingerprint density at radius 1 is 1.23 bits per heavy atom. The Morgan fingerprint density at radius 2 is 1.85 bits per heavy atom. The molecule has 0 N–H and O–H groups in total. The van der Waals surface area contributed by atoms with Crippen LogP contribution in [0.4, 0.5) is 0 Å². The first-order chi connectivity index (χ1) is 6.27. The lowest BCUT2D eigenvalue weighted by Gasteiger charge is -2.25. The average molecular weight is 192 g/mol. The molecule has 1 fully saturated rings. The minimum Gasteiger partial charge on any atom is -0.154 e. The van der Waals surface area contributed by atoms with E-state index in [2.05, 4.69) is 49.9 Å². The summed E-state index contributed by atoms with van der Waals surface area (Å²) in [6.07, 6.45) is 1.37. The molecule has 0 aromatic heterocycles. The Kier molecular flexibility index (Phi) is 2.63. The van der Waals surface area contributed by atoms with Crippen LogP contribution in [-0.2, 0) is 0 Å². The summed E-state index contributed by atoms with van der Waals surface area (Å²) in [5.74, 6) is 2.00. The number of thioether (sulfide) groups is 1. The van der Waals surface area contributed by atoms with Crippen molar-refractivity contribution in [2.75, 3.05) is 5.75 Å². The summed E-state index contributed by atoms with van der Waals surface area (Å²) in [6.45, 7) is 4.49. The van der Waals surface area contributed by atoms with Crippen molar-refractivity contribution >= 4 is 11.8 Å². The van der Waals surface area contributed by atoms with Crippen LogP contribution in [0.1, 0.15) is 42.6 Å². The summed E-state index contributed by atoms with van der Waals surface area (Å²) in [5, 5.41) is 0.793. The fourth-order valence-electron chi connectivity index (χ4n) is 1.59. The van der Waals surface area contributed by atoms with Gasteiger partial charge in [-0.2, -0.15) is 11.8 Å². The molecular formula is C12H16S. The molecule has 1 atom stereocenters. The molecule has 1 unspecified atom stereocenters. The van der Waals surface area contributed by atoms with Gasteiger partial charge in [0.2, 0.25) is 0 Å². The molecule has 0 amide bonds. The Morgan fingerprint density at radius 3 is 2.23 bits per heavy atom. The summed E-state index contributed by atoms with van der Waals surface area (Å²) in [6, 6.07) is 9.15. The van der Waals surface area contributed by atoms with Crippen LogP contribution in [0.5, 0.6) is 0 Å². The molecule has 1 heteroatoms. The monoisotopic (exact) mass is 192 g/mol. The van der Waals surface area contributed by atoms with E-state index in [0.717, 1.165) is 5.25 Å². The largest absolute Gasteiger partial charge is 0.154 e. The van der Waals surface area contributed by atoms with Crippen LogP contribution in [-0.4, -0.2) is 5.75 Å². The van der Waals surface area contributed by atoms with Gasteiger partial charge in [0.25, 0.3) is 0 Å². The lowest BCUT2D eigenvalue weighted by atomic mass is 10.00. The SMILES string of the molecule is CC(C)c1ccc(C2CCS2)cc1. The second-order valence-corrected chi connectivity index (χ2v) is 5.28. The van der Waals surface area contributed by atoms with E-state index in [1.807, 2.05) is 0 Å². The van der Waals surface area contributed by atoms with E-state index < -0.39 is 0 Å². The zero-order valence-corrected chi connectivity index (χ0v) is 9.10. The summed E-state index contributed by atoms with van der Waals surface area (Å²) in [5.41, 5.74) is 2.97. The van der Waals surface area contributed by atoms with Gasteiger partial charge in [0.05, 0.1) is 0 Å². The minimum absolute atomic E-state index is 0.656. The van der Waals surface area contributed by atoms with Gasteiger partial charge in [-0.25, -0.2) is 0 Å². The van der Waals surface area contributed by atoms with E-state index in [4.69, 9.17) is 0 Å². The molecule has 13 heavy (non-hydrogen) atoms. The molecular weight excluding hydrogens is 176 g/mol. The van der Waals surface area contributed by atoms with E-state index in [0.29, 0.717) is 5.92 Å². The highest BCUT2D eigenvalue weighted by Crippen LogP contribution is 2.42. The second-order valence-electron chi connectivity index (χ2n) is 3.97. The molecule has 1 aliphatic rings. The molecule has 70 valence electrons. The molecule has 0 saturated carbocycles. The molecule has 1 saturated heterocycles. The predicted octanol–water partition coefficient (Wildman–Crippen LogP) is 3.99. The van der Waals surface area contributed by atoms with Gasteiger partial charge in [0.15, 0.2) is 0 Å². The second kappa shape index (κ2) is 3.75. The van der Waals surface area contributed by atoms with Crippen LogP contribution >= 0.6 is 11.8 Å². The maximum Gasteiger partial charge on any atom is 0.0305 e. The first-order valence-electron chi connectivity index (χ1n) is 4.99. The third-order valence-corrected chi connectivity index (χ3v) is 4.06. The van der Waals surface area contributed by atoms with Crippen LogP contribution in [0, 0.1) is 0 Å². The van der Waals surface area contributed by atoms with Gasteiger partial charge in [-0.15, -0.1) is 0 Å². The van der Waals surface area contributed by atoms with Crippen molar-refractivity contribution in [1.82, 2.24) is 0 Å². The van der Waals surface area contributed by atoms with Crippen LogP contribution in [0.3, 0.4) is 0 Å². The van der Waals surface area contributed by atoms with E-state index in [1.165, 1.54) is 23.3 Å². The van der Waals surface area contributed by atoms with Crippen molar-refractivity contribution in [1.29, 1.82) is 0 Å². The van der Waals surface area contributed by atoms with E-state index in [9.17, 15) is 0 Å². The van der Waals surface area contributed by atoms with Gasteiger partial charge >= 0.3 is 0 Å². The van der Waals surface area contributed by atoms with Crippen LogP contribution < -0.4 is 0 Å². The van der Waals surface area contributed by atoms with Gasteiger partial charge in [-0.05, 0) is 29.2 Å². The number of rotatable bonds is 2. The van der Waals surface area contributed by atoms with Crippen LogP contribution in [0.15, 0.2) is 24.3 Å². The molecule has 0 nitrogen and oxygen atoms in total. The predicted molar refractivity (Wildman–Crippen MR) is 60.3 cm³/mol. The maximum atomic E-state index is 2.30. The molecule has 1 heterocycles. The van der Waals surface area contributed by atoms with E-state index in [1.54, 1.807) is 0 Å². The standard InChI is InChI=1S/C12H16S/c1-9(2)10-3-5-11(6-4-10)12-7-8-13-12/h3-6,9,12H,7-8H2,1-2H3. The smallest absolute Gasteiger partial charge is 0.0305 e. The lowest BCUT2D eigenvalue weighted by Crippen LogP contribution is -2.06. The van der Waals surface area contributed by atoms with Crippen molar-refractivity contribution in [2.45, 2.75) is 31.4 Å². The highest BCUT2D eigenvalue weighted by molar-refractivity contribution is 8.00. The van der Waals surface area contributed by atoms with Crippen LogP contribution in [0.25, 0.3) is 0 Å². The zero-order chi connectivity index (χ0) is 9.26. The first kappa shape index (κ1) is 9.14. The molecule has 1 aromatic carbocycles. The van der Waals surface area contributed by atoms with Crippen molar-refractivity contribution in [3.63, 3.8) is 0 Å². The molecule has 0 spiro atoms. The third kappa shape index (κ3) is 1.91. The van der Waals surface area contributed by atoms with E-state index in [-0.39, 0.29) is 0 Å². The van der Waals surface area contributed by atoms with Crippen molar-refractivity contribution in [3.05, 3.63) is 35.4 Å². The molecule has 0 radical (unpaired) electrons. The quantitative estimate of drug-likeness (QED) is 0.682. The van der Waals surface area contributed by atoms with Gasteiger partial charge in [0.1, 0.15) is 0 Å². The Hall–Kier alpha value is -0.430. The maximum absolute atomic E-state index is 2.30. The molecule has 0 bridgehead atoms. The fourth-order valence-corrected chi connectivity index (χ4v) is 2.42. The van der Waals surface area contributed by atoms with Crippen molar-refractivity contribution in [3.8, 4) is 0 Å². The summed E-state index contributed by atoms with van der Waals surface area (Å²) < 4.78 is 0. The molecule has 1 aromatic rings. The van der Waals surface area contributed by atoms with Gasteiger partial charge in [-0.3, -0.25) is 0 Å². The third-order valence-electron chi connectivity index (χ3n) is 2.67. The normalized spacial score (nSPS) is 21.6. The highest BCUT2D eigenvalue weighted by Gasteiger charge is 2.19. The van der Waals surface area contributed by atoms with Crippen LogP contribution in [0.2, 0.25) is 0 Å². The Bertz CT molecular complexity index is 270. The van der Waals surface area contributed by atoms with E-state index >= 15 is 0 Å². The molecule has 2 rings (SSSR count). The van der Waals surface area contributed by atoms with Gasteiger partial charge in [0, 0.05) is 5.25 Å². The Labute approximate surface area is 84.7 Å². The summed E-state index contributed by atoms with van der Waals surface area (Å²) >= 11 is 2.07. The van der Waals surface area contributed by atoms with Crippen molar-refractivity contribution < 1.29 is 0 Å². The topological polar surface area (TPSA) is 0 Å². The summed E-state index contributed by atoms with van der Waals surface area (Å²) in [7, 11) is 0. The van der Waals surface area contributed by atoms with Gasteiger partial charge in [-0.1, -0.05) is 38.1 Å². The number of hydrogen-bond acceptors (Lipinski definition) is 1. The van der Waals surface area contributed by atoms with Gasteiger partial charge < -0.3 is 0 Å². The fraction of sp³-hybridized carbons (Fsp3) is 0.500. The summed E-state index contributed by atoms with van der Waals surface area (Å²) in [4.78, 5) is 0. The van der Waals surface area contributed by atoms with Crippen molar-refractivity contribution in [2.24, 2.45) is 0 Å². The zero-order valence-electron chi connectivity index (χ0n) is 8.29. The highest BCUT2D eigenvalue weighted by atomic mass is 32.2. The lowest BCUT2D eigenvalue weighted by molar-refractivity contribution is 0.838. The average Bonchev–Trinajstić information content (AvgIpc) is 2.02. The number of benzene rings is 1.